The van der Waals surface area contributed by atoms with Gasteiger partial charge in [0.15, 0.2) is 0 Å². The molecule has 15 heavy (non-hydrogen) atoms. The molecule has 2 amide bonds. The second-order valence-electron chi connectivity index (χ2n) is 3.49. The predicted octanol–water partition coefficient (Wildman–Crippen LogP) is 0.297. The number of thioether (sulfide) groups is 1. The topological polar surface area (TPSA) is 79.8 Å². The molecule has 0 aliphatic carbocycles. The lowest BCUT2D eigenvalue weighted by Gasteiger charge is -2.30. The third-order valence-corrected chi connectivity index (χ3v) is 3.01. The fourth-order valence-corrected chi connectivity index (χ4v) is 1.86. The molecule has 0 radical (unpaired) electrons. The average Bonchev–Trinajstić information content (AvgIpc) is 2.14. The van der Waals surface area contributed by atoms with Crippen LogP contribution in [0.5, 0.6) is 0 Å². The highest BCUT2D eigenvalue weighted by atomic mass is 32.2. The van der Waals surface area contributed by atoms with Crippen molar-refractivity contribution in [2.24, 2.45) is 5.16 Å². The zero-order chi connectivity index (χ0) is 11.5. The maximum atomic E-state index is 11.1. The van der Waals surface area contributed by atoms with Crippen LogP contribution in [0.4, 0.5) is 4.79 Å². The molecule has 1 heterocycles. The van der Waals surface area contributed by atoms with Gasteiger partial charge in [0.25, 0.3) is 0 Å². The van der Waals surface area contributed by atoms with E-state index in [1.165, 1.54) is 18.8 Å². The molecule has 0 atom stereocenters. The molecule has 7 heteroatoms. The molecule has 0 aromatic heterocycles. The molecule has 0 spiro atoms. The van der Waals surface area contributed by atoms with Gasteiger partial charge >= 0.3 is 6.09 Å². The van der Waals surface area contributed by atoms with Gasteiger partial charge in [-0.05, 0) is 13.8 Å². The first-order valence-electron chi connectivity index (χ1n) is 4.36. The van der Waals surface area contributed by atoms with Crippen LogP contribution in [0.15, 0.2) is 5.16 Å². The molecule has 1 aliphatic heterocycles. The summed E-state index contributed by atoms with van der Waals surface area (Å²) in [5, 5.41) is 9.29. The summed E-state index contributed by atoms with van der Waals surface area (Å²) in [6.45, 7) is 3.59. The Morgan fingerprint density at radius 2 is 2.33 bits per heavy atom. The first-order valence-corrected chi connectivity index (χ1v) is 5.35. The van der Waals surface area contributed by atoms with Crippen molar-refractivity contribution in [3.63, 3.8) is 0 Å². The number of hydrogen-bond donors (Lipinski definition) is 2. The summed E-state index contributed by atoms with van der Waals surface area (Å²) in [7, 11) is 1.45. The Kier molecular flexibility index (Phi) is 3.57. The number of carbonyl (C=O) groups is 2. The van der Waals surface area contributed by atoms with Gasteiger partial charge < -0.3 is 10.6 Å². The minimum atomic E-state index is -0.629. The highest BCUT2D eigenvalue weighted by Crippen LogP contribution is 2.21. The molecular formula is C8H13N3O3S. The lowest BCUT2D eigenvalue weighted by Crippen LogP contribution is -2.53. The maximum Gasteiger partial charge on any atom is 0.433 e. The summed E-state index contributed by atoms with van der Waals surface area (Å²) in [6.07, 6.45) is -0.629. The minimum Gasteiger partial charge on any atom is -0.344 e. The Morgan fingerprint density at radius 3 is 2.87 bits per heavy atom. The Bertz CT molecular complexity index is 314. The third kappa shape index (κ3) is 3.12. The predicted molar refractivity (Wildman–Crippen MR) is 57.7 cm³/mol. The minimum absolute atomic E-state index is 0.0520. The van der Waals surface area contributed by atoms with Crippen molar-refractivity contribution < 1.29 is 14.4 Å². The van der Waals surface area contributed by atoms with Gasteiger partial charge in [0.05, 0.1) is 11.3 Å². The zero-order valence-corrected chi connectivity index (χ0v) is 9.60. The highest BCUT2D eigenvalue weighted by Gasteiger charge is 2.33. The van der Waals surface area contributed by atoms with Crippen molar-refractivity contribution in [2.75, 3.05) is 12.8 Å². The van der Waals surface area contributed by atoms with Crippen LogP contribution in [0, 0.1) is 0 Å². The van der Waals surface area contributed by atoms with Crippen molar-refractivity contribution in [2.45, 2.75) is 19.4 Å². The SMILES string of the molecule is CNC(=O)O/N=C1/SCC(=O)NC1(C)C. The highest BCUT2D eigenvalue weighted by molar-refractivity contribution is 8.14. The van der Waals surface area contributed by atoms with E-state index in [1.807, 2.05) is 0 Å². The van der Waals surface area contributed by atoms with Crippen LogP contribution >= 0.6 is 11.8 Å². The van der Waals surface area contributed by atoms with E-state index >= 15 is 0 Å². The molecule has 0 aromatic carbocycles. The molecule has 0 bridgehead atoms. The zero-order valence-electron chi connectivity index (χ0n) is 8.79. The number of carbonyl (C=O) groups excluding carboxylic acids is 2. The molecule has 0 unspecified atom stereocenters. The Labute approximate surface area is 91.8 Å². The van der Waals surface area contributed by atoms with E-state index in [2.05, 4.69) is 20.6 Å². The monoisotopic (exact) mass is 231 g/mol. The first kappa shape index (κ1) is 11.8. The summed E-state index contributed by atoms with van der Waals surface area (Å²) in [6, 6.07) is 0. The van der Waals surface area contributed by atoms with Gasteiger partial charge in [0.1, 0.15) is 5.04 Å². The molecule has 0 aromatic rings. The van der Waals surface area contributed by atoms with E-state index in [4.69, 9.17) is 0 Å². The Balaban J connectivity index is 2.68. The van der Waals surface area contributed by atoms with E-state index in [0.717, 1.165) is 0 Å². The van der Waals surface area contributed by atoms with Crippen LogP contribution in [0.1, 0.15) is 13.8 Å². The lowest BCUT2D eigenvalue weighted by molar-refractivity contribution is -0.119. The smallest absolute Gasteiger partial charge is 0.344 e. The number of amides is 2. The van der Waals surface area contributed by atoms with Crippen LogP contribution in [-0.2, 0) is 9.63 Å². The van der Waals surface area contributed by atoms with Crippen molar-refractivity contribution in [3.05, 3.63) is 0 Å². The van der Waals surface area contributed by atoms with Gasteiger partial charge in [-0.15, -0.1) is 0 Å². The quantitative estimate of drug-likeness (QED) is 0.502. The normalized spacial score (nSPS) is 22.1. The molecule has 84 valence electrons. The first-order chi connectivity index (χ1) is 6.95. The van der Waals surface area contributed by atoms with Crippen LogP contribution in [0.25, 0.3) is 0 Å². The number of nitrogens with one attached hydrogen (secondary N) is 2. The molecule has 1 fully saturated rings. The van der Waals surface area contributed by atoms with E-state index in [9.17, 15) is 9.59 Å². The average molecular weight is 231 g/mol. The van der Waals surface area contributed by atoms with Crippen LogP contribution < -0.4 is 10.6 Å². The third-order valence-electron chi connectivity index (χ3n) is 1.74. The number of rotatable bonds is 1. The van der Waals surface area contributed by atoms with Crippen molar-refractivity contribution in [1.29, 1.82) is 0 Å². The molecule has 1 rings (SSSR count). The van der Waals surface area contributed by atoms with Gasteiger partial charge in [-0.3, -0.25) is 9.63 Å². The van der Waals surface area contributed by atoms with E-state index < -0.39 is 11.6 Å². The van der Waals surface area contributed by atoms with Gasteiger partial charge in [-0.25, -0.2) is 4.79 Å². The second kappa shape index (κ2) is 4.52. The van der Waals surface area contributed by atoms with Gasteiger partial charge in [0, 0.05) is 7.05 Å². The molecule has 0 saturated carbocycles. The summed E-state index contributed by atoms with van der Waals surface area (Å²) in [5.74, 6) is 0.239. The second-order valence-corrected chi connectivity index (χ2v) is 4.45. The van der Waals surface area contributed by atoms with Crippen molar-refractivity contribution >= 4 is 28.8 Å². The lowest BCUT2D eigenvalue weighted by atomic mass is 10.1. The largest absolute Gasteiger partial charge is 0.433 e. The van der Waals surface area contributed by atoms with Gasteiger partial charge in [-0.1, -0.05) is 16.9 Å². The molecule has 6 nitrogen and oxygen atoms in total. The van der Waals surface area contributed by atoms with Crippen LogP contribution in [-0.4, -0.2) is 35.4 Å². The fourth-order valence-electron chi connectivity index (χ4n) is 1.02. The number of nitrogens with zero attached hydrogens (tertiary/aromatic N) is 1. The Hall–Kier alpha value is -1.24. The van der Waals surface area contributed by atoms with Crippen LogP contribution in [0.3, 0.4) is 0 Å². The number of hydrogen-bond acceptors (Lipinski definition) is 5. The Morgan fingerprint density at radius 1 is 1.67 bits per heavy atom. The molecular weight excluding hydrogens is 218 g/mol. The maximum absolute atomic E-state index is 11.1. The summed E-state index contributed by atoms with van der Waals surface area (Å²) < 4.78 is 0. The van der Waals surface area contributed by atoms with E-state index in [-0.39, 0.29) is 5.91 Å². The van der Waals surface area contributed by atoms with Crippen molar-refractivity contribution in [1.82, 2.24) is 10.6 Å². The van der Waals surface area contributed by atoms with Gasteiger partial charge in [0.2, 0.25) is 5.91 Å². The summed E-state index contributed by atoms with van der Waals surface area (Å²) in [5.41, 5.74) is -0.589. The summed E-state index contributed by atoms with van der Waals surface area (Å²) in [4.78, 5) is 26.5. The van der Waals surface area contributed by atoms with Crippen LogP contribution in [0.2, 0.25) is 0 Å². The number of oxime groups is 1. The summed E-state index contributed by atoms with van der Waals surface area (Å²) >= 11 is 1.26. The van der Waals surface area contributed by atoms with Crippen molar-refractivity contribution in [3.8, 4) is 0 Å². The van der Waals surface area contributed by atoms with E-state index in [0.29, 0.717) is 10.8 Å². The van der Waals surface area contributed by atoms with Gasteiger partial charge in [-0.2, -0.15) is 0 Å². The fraction of sp³-hybridized carbons (Fsp3) is 0.625. The molecule has 2 N–H and O–H groups in total. The standard InChI is InChI=1S/C8H13N3O3S/c1-8(2)6(11-14-7(13)9-3)15-4-5(12)10-8/h4H2,1-3H3,(H,9,13)(H,10,12)/b11-6+. The molecule has 1 saturated heterocycles. The molecule has 1 aliphatic rings. The van der Waals surface area contributed by atoms with E-state index in [1.54, 1.807) is 13.8 Å².